The largest absolute Gasteiger partial charge is 0.477 e. The number of carbonyl (C=O) groups is 2. The van der Waals surface area contributed by atoms with Gasteiger partial charge in [0.25, 0.3) is 5.91 Å². The Hall–Kier alpha value is -4.89. The molecule has 3 heterocycles. The van der Waals surface area contributed by atoms with Gasteiger partial charge in [0.05, 0.1) is 22.1 Å². The van der Waals surface area contributed by atoms with Crippen molar-refractivity contribution in [2.24, 2.45) is 7.05 Å². The Bertz CT molecular complexity index is 1870. The Morgan fingerprint density at radius 1 is 0.974 bits per heavy atom. The zero-order valence-corrected chi connectivity index (χ0v) is 22.0. The van der Waals surface area contributed by atoms with Crippen LogP contribution in [0.5, 0.6) is 0 Å². The van der Waals surface area contributed by atoms with E-state index in [2.05, 4.69) is 20.4 Å². The number of thiazole rings is 1. The molecule has 2 N–H and O–H groups in total. The van der Waals surface area contributed by atoms with E-state index in [0.29, 0.717) is 33.9 Å². The number of nitrogens with one attached hydrogen (secondary N) is 1. The van der Waals surface area contributed by atoms with Gasteiger partial charge in [-0.3, -0.25) is 14.8 Å². The summed E-state index contributed by atoms with van der Waals surface area (Å²) in [6.45, 7) is 1.95. The first-order valence-electron chi connectivity index (χ1n) is 12.3. The van der Waals surface area contributed by atoms with Crippen LogP contribution < -0.4 is 5.32 Å². The molecule has 0 saturated carbocycles. The summed E-state index contributed by atoms with van der Waals surface area (Å²) in [7, 11) is 1.85. The van der Waals surface area contributed by atoms with Gasteiger partial charge in [-0.2, -0.15) is 5.10 Å². The Kier molecular flexibility index (Phi) is 6.12. The molecule has 0 fully saturated rings. The predicted octanol–water partition coefficient (Wildman–Crippen LogP) is 6.09. The zero-order chi connectivity index (χ0) is 27.1. The second-order valence-electron chi connectivity index (χ2n) is 9.25. The van der Waals surface area contributed by atoms with Crippen molar-refractivity contribution in [3.8, 4) is 11.3 Å². The number of hydrogen-bond acceptors (Lipinski definition) is 6. The van der Waals surface area contributed by atoms with Crippen LogP contribution in [0, 0.1) is 6.92 Å². The van der Waals surface area contributed by atoms with E-state index in [0.717, 1.165) is 32.2 Å². The third kappa shape index (κ3) is 4.64. The number of aryl methyl sites for hydroxylation is 1. The third-order valence-electron chi connectivity index (χ3n) is 6.84. The quantitative estimate of drug-likeness (QED) is 0.268. The number of para-hydroxylation sites is 1. The summed E-state index contributed by atoms with van der Waals surface area (Å²) in [6.07, 6.45) is 2.17. The molecule has 0 aliphatic carbocycles. The Balaban J connectivity index is 1.35. The molecule has 0 saturated heterocycles. The van der Waals surface area contributed by atoms with Gasteiger partial charge in [0.1, 0.15) is 0 Å². The fourth-order valence-electron chi connectivity index (χ4n) is 4.62. The lowest BCUT2D eigenvalue weighted by molar-refractivity contribution is 0.0689. The minimum atomic E-state index is -1.09. The molecule has 0 unspecified atom stereocenters. The van der Waals surface area contributed by atoms with E-state index in [-0.39, 0.29) is 11.6 Å². The van der Waals surface area contributed by atoms with Crippen LogP contribution in [-0.2, 0) is 13.5 Å². The summed E-state index contributed by atoms with van der Waals surface area (Å²) < 4.78 is 2.76. The highest BCUT2D eigenvalue weighted by Crippen LogP contribution is 2.29. The standard InChI is InChI=1S/C30H23N5O3S/c1-17-21(16-31-35(17)2)14-20-12-13-24(32-27(20)29(37)38)19-11-10-18-6-5-7-22(23(18)15-19)28(36)34-30-33-25-8-3-4-9-26(25)39-30/h3-13,15-16H,14H2,1-2H3,(H,37,38)(H,33,34,36). The average molecular weight is 534 g/mol. The second-order valence-corrected chi connectivity index (χ2v) is 10.3. The average Bonchev–Trinajstić information content (AvgIpc) is 3.50. The number of aromatic carboxylic acids is 1. The first kappa shape index (κ1) is 24.4. The fourth-order valence-corrected chi connectivity index (χ4v) is 5.48. The number of fused-ring (bicyclic) bond motifs is 2. The lowest BCUT2D eigenvalue weighted by Crippen LogP contribution is -2.12. The predicted molar refractivity (Wildman–Crippen MR) is 152 cm³/mol. The summed E-state index contributed by atoms with van der Waals surface area (Å²) >= 11 is 1.42. The van der Waals surface area contributed by atoms with Crippen molar-refractivity contribution in [2.45, 2.75) is 13.3 Å². The number of anilines is 1. The summed E-state index contributed by atoms with van der Waals surface area (Å²) in [5.41, 5.74) is 5.09. The van der Waals surface area contributed by atoms with Crippen molar-refractivity contribution in [3.05, 3.63) is 107 Å². The molecule has 0 aliphatic rings. The topological polar surface area (TPSA) is 110 Å². The molecule has 0 aliphatic heterocycles. The van der Waals surface area contributed by atoms with Crippen molar-refractivity contribution >= 4 is 49.3 Å². The van der Waals surface area contributed by atoms with E-state index in [9.17, 15) is 14.7 Å². The lowest BCUT2D eigenvalue weighted by Gasteiger charge is -2.11. The summed E-state index contributed by atoms with van der Waals surface area (Å²) in [4.78, 5) is 34.5. The van der Waals surface area contributed by atoms with E-state index in [1.54, 1.807) is 23.0 Å². The van der Waals surface area contributed by atoms with Gasteiger partial charge in [0.15, 0.2) is 10.8 Å². The monoisotopic (exact) mass is 533 g/mol. The van der Waals surface area contributed by atoms with Gasteiger partial charge in [-0.25, -0.2) is 14.8 Å². The lowest BCUT2D eigenvalue weighted by atomic mass is 9.98. The normalized spacial score (nSPS) is 11.2. The molecular formula is C30H23N5O3S. The molecule has 192 valence electrons. The van der Waals surface area contributed by atoms with Crippen molar-refractivity contribution in [1.82, 2.24) is 19.7 Å². The zero-order valence-electron chi connectivity index (χ0n) is 21.2. The van der Waals surface area contributed by atoms with Gasteiger partial charge in [-0.15, -0.1) is 0 Å². The molecule has 6 aromatic rings. The van der Waals surface area contributed by atoms with E-state index in [1.165, 1.54) is 11.3 Å². The highest BCUT2D eigenvalue weighted by molar-refractivity contribution is 7.22. The van der Waals surface area contributed by atoms with Crippen LogP contribution in [0.15, 0.2) is 79.0 Å². The SMILES string of the molecule is Cc1c(Cc2ccc(-c3ccc4cccc(C(=O)Nc5nc6ccccc6s5)c4c3)nc2C(=O)O)cnn1C. The van der Waals surface area contributed by atoms with Gasteiger partial charge < -0.3 is 5.11 Å². The number of carboxylic acids is 1. The summed E-state index contributed by atoms with van der Waals surface area (Å²) in [5.74, 6) is -1.36. The molecule has 3 aromatic carbocycles. The number of benzene rings is 3. The Labute approximate surface area is 227 Å². The number of carboxylic acid groups (broad SMARTS) is 1. The maximum atomic E-state index is 13.3. The van der Waals surface area contributed by atoms with Crippen molar-refractivity contribution in [2.75, 3.05) is 5.32 Å². The van der Waals surface area contributed by atoms with Crippen LogP contribution in [0.25, 0.3) is 32.2 Å². The molecule has 39 heavy (non-hydrogen) atoms. The Morgan fingerprint density at radius 3 is 2.59 bits per heavy atom. The van der Waals surface area contributed by atoms with Gasteiger partial charge >= 0.3 is 5.97 Å². The molecule has 9 heteroatoms. The van der Waals surface area contributed by atoms with Crippen molar-refractivity contribution in [1.29, 1.82) is 0 Å². The van der Waals surface area contributed by atoms with E-state index in [1.807, 2.05) is 74.6 Å². The first-order chi connectivity index (χ1) is 18.9. The molecule has 0 spiro atoms. The van der Waals surface area contributed by atoms with Gasteiger partial charge in [0, 0.05) is 30.3 Å². The number of carbonyl (C=O) groups excluding carboxylic acids is 1. The molecule has 6 rings (SSSR count). The minimum Gasteiger partial charge on any atom is -0.477 e. The van der Waals surface area contributed by atoms with Crippen LogP contribution in [0.2, 0.25) is 0 Å². The number of pyridine rings is 1. The summed E-state index contributed by atoms with van der Waals surface area (Å²) in [5, 5.41) is 19.3. The van der Waals surface area contributed by atoms with Crippen LogP contribution >= 0.6 is 11.3 Å². The van der Waals surface area contributed by atoms with Gasteiger partial charge in [0.2, 0.25) is 0 Å². The number of nitrogens with zero attached hydrogens (tertiary/aromatic N) is 4. The molecule has 1 amide bonds. The van der Waals surface area contributed by atoms with Gasteiger partial charge in [-0.05, 0) is 59.2 Å². The third-order valence-corrected chi connectivity index (χ3v) is 7.79. The number of amides is 1. The van der Waals surface area contributed by atoms with Crippen LogP contribution in [0.4, 0.5) is 5.13 Å². The van der Waals surface area contributed by atoms with E-state index >= 15 is 0 Å². The molecule has 3 aromatic heterocycles. The van der Waals surface area contributed by atoms with Crippen molar-refractivity contribution < 1.29 is 14.7 Å². The highest BCUT2D eigenvalue weighted by Gasteiger charge is 2.18. The second kappa shape index (κ2) is 9.77. The molecule has 0 atom stereocenters. The van der Waals surface area contributed by atoms with Crippen molar-refractivity contribution in [3.63, 3.8) is 0 Å². The van der Waals surface area contributed by atoms with E-state index in [4.69, 9.17) is 0 Å². The maximum absolute atomic E-state index is 13.3. The molecule has 0 bridgehead atoms. The van der Waals surface area contributed by atoms with Gasteiger partial charge in [-0.1, -0.05) is 53.8 Å². The number of hydrogen-bond donors (Lipinski definition) is 2. The smallest absolute Gasteiger partial charge is 0.354 e. The highest BCUT2D eigenvalue weighted by atomic mass is 32.1. The molecule has 8 nitrogen and oxygen atoms in total. The maximum Gasteiger partial charge on any atom is 0.354 e. The Morgan fingerprint density at radius 2 is 1.82 bits per heavy atom. The summed E-state index contributed by atoms with van der Waals surface area (Å²) in [6, 6.07) is 22.6. The van der Waals surface area contributed by atoms with Crippen LogP contribution in [-0.4, -0.2) is 36.7 Å². The number of aromatic nitrogens is 4. The molecule has 0 radical (unpaired) electrons. The van der Waals surface area contributed by atoms with Crippen LogP contribution in [0.3, 0.4) is 0 Å². The molecular weight excluding hydrogens is 510 g/mol. The van der Waals surface area contributed by atoms with E-state index < -0.39 is 5.97 Å². The number of rotatable bonds is 6. The first-order valence-corrected chi connectivity index (χ1v) is 13.1. The van der Waals surface area contributed by atoms with Crippen LogP contribution in [0.1, 0.15) is 37.7 Å². The fraction of sp³-hybridized carbons (Fsp3) is 0.100. The minimum absolute atomic E-state index is 0.00212.